The summed E-state index contributed by atoms with van der Waals surface area (Å²) in [6, 6.07) is 0. The van der Waals surface area contributed by atoms with Gasteiger partial charge in [-0.2, -0.15) is 0 Å². The van der Waals surface area contributed by atoms with Crippen molar-refractivity contribution < 1.29 is 14.7 Å². The molecule has 0 saturated carbocycles. The molecule has 1 heterocycles. The first-order chi connectivity index (χ1) is 8.99. The van der Waals surface area contributed by atoms with Gasteiger partial charge in [0.1, 0.15) is 6.54 Å². The number of tetrazole rings is 1. The van der Waals surface area contributed by atoms with Crippen LogP contribution >= 0.6 is 11.8 Å². The van der Waals surface area contributed by atoms with Crippen LogP contribution in [0.3, 0.4) is 0 Å². The number of carbonyl (C=O) groups excluding carboxylic acids is 1. The Bertz CT molecular complexity index is 446. The summed E-state index contributed by atoms with van der Waals surface area (Å²) >= 11 is 1.16. The third-order valence-corrected chi connectivity index (χ3v) is 3.55. The summed E-state index contributed by atoms with van der Waals surface area (Å²) in [6.07, 6.45) is 0. The molecule has 1 atom stereocenters. The van der Waals surface area contributed by atoms with Crippen LogP contribution in [0.2, 0.25) is 0 Å². The second-order valence-electron chi connectivity index (χ2n) is 3.78. The van der Waals surface area contributed by atoms with E-state index < -0.39 is 5.97 Å². The van der Waals surface area contributed by atoms with Crippen LogP contribution in [0.4, 0.5) is 0 Å². The average Bonchev–Trinajstić information content (AvgIpc) is 2.77. The zero-order valence-electron chi connectivity index (χ0n) is 11.1. The number of thioether (sulfide) groups is 1. The van der Waals surface area contributed by atoms with Gasteiger partial charge in [-0.25, -0.2) is 4.68 Å². The maximum Gasteiger partial charge on any atom is 0.325 e. The predicted molar refractivity (Wildman–Crippen MR) is 68.7 cm³/mol. The van der Waals surface area contributed by atoms with Gasteiger partial charge in [-0.3, -0.25) is 9.59 Å². The van der Waals surface area contributed by atoms with E-state index in [1.807, 2.05) is 13.8 Å². The summed E-state index contributed by atoms with van der Waals surface area (Å²) in [5, 5.41) is 19.4. The highest BCUT2D eigenvalue weighted by molar-refractivity contribution is 8.00. The highest BCUT2D eigenvalue weighted by Gasteiger charge is 2.22. The second kappa shape index (κ2) is 7.07. The third-order valence-electron chi connectivity index (χ3n) is 2.49. The molecule has 106 valence electrons. The molecule has 0 fully saturated rings. The molecule has 1 rings (SSSR count). The van der Waals surface area contributed by atoms with E-state index in [0.29, 0.717) is 18.2 Å². The number of carboxylic acids is 1. The molecule has 0 aromatic carbocycles. The molecule has 0 spiro atoms. The van der Waals surface area contributed by atoms with Crippen LogP contribution in [-0.2, 0) is 16.1 Å². The molecule has 9 heteroatoms. The Labute approximate surface area is 115 Å². The van der Waals surface area contributed by atoms with Crippen LogP contribution in [0.25, 0.3) is 0 Å². The first-order valence-corrected chi connectivity index (χ1v) is 6.80. The molecule has 0 saturated heterocycles. The van der Waals surface area contributed by atoms with Crippen molar-refractivity contribution in [3.63, 3.8) is 0 Å². The van der Waals surface area contributed by atoms with Gasteiger partial charge in [-0.1, -0.05) is 11.8 Å². The molecular formula is C10H17N5O3S. The molecule has 1 aromatic rings. The van der Waals surface area contributed by atoms with Gasteiger partial charge in [-0.15, -0.1) is 5.10 Å². The Balaban J connectivity index is 2.71. The lowest BCUT2D eigenvalue weighted by atomic mass is 10.4. The summed E-state index contributed by atoms with van der Waals surface area (Å²) in [7, 11) is 0. The second-order valence-corrected chi connectivity index (χ2v) is 5.09. The van der Waals surface area contributed by atoms with Gasteiger partial charge in [0, 0.05) is 13.1 Å². The van der Waals surface area contributed by atoms with Crippen LogP contribution in [0, 0.1) is 0 Å². The SMILES string of the molecule is CCN(CC)C(=O)C(C)Sc1nnnn1CC(=O)O. The maximum atomic E-state index is 12.1. The van der Waals surface area contributed by atoms with Crippen molar-refractivity contribution in [2.45, 2.75) is 37.7 Å². The summed E-state index contributed by atoms with van der Waals surface area (Å²) in [5.41, 5.74) is 0. The minimum atomic E-state index is -1.03. The van der Waals surface area contributed by atoms with Crippen molar-refractivity contribution in [2.75, 3.05) is 13.1 Å². The van der Waals surface area contributed by atoms with Crippen LogP contribution in [0.15, 0.2) is 5.16 Å². The molecular weight excluding hydrogens is 270 g/mol. The minimum Gasteiger partial charge on any atom is -0.480 e. The molecule has 0 aliphatic carbocycles. The van der Waals surface area contributed by atoms with E-state index in [9.17, 15) is 9.59 Å². The van der Waals surface area contributed by atoms with E-state index in [2.05, 4.69) is 15.5 Å². The van der Waals surface area contributed by atoms with E-state index >= 15 is 0 Å². The summed E-state index contributed by atoms with van der Waals surface area (Å²) < 4.78 is 1.17. The Morgan fingerprint density at radius 3 is 2.58 bits per heavy atom. The quantitative estimate of drug-likeness (QED) is 0.710. The topological polar surface area (TPSA) is 101 Å². The molecule has 1 amide bonds. The average molecular weight is 287 g/mol. The number of aliphatic carboxylic acids is 1. The van der Waals surface area contributed by atoms with Gasteiger partial charge >= 0.3 is 5.97 Å². The number of hydrogen-bond donors (Lipinski definition) is 1. The fourth-order valence-corrected chi connectivity index (χ4v) is 2.38. The fourth-order valence-electron chi connectivity index (χ4n) is 1.51. The zero-order valence-corrected chi connectivity index (χ0v) is 11.9. The molecule has 0 aliphatic rings. The Morgan fingerprint density at radius 1 is 1.42 bits per heavy atom. The van der Waals surface area contributed by atoms with Gasteiger partial charge in [0.15, 0.2) is 0 Å². The van der Waals surface area contributed by atoms with Crippen LogP contribution in [-0.4, -0.2) is 60.4 Å². The van der Waals surface area contributed by atoms with E-state index in [-0.39, 0.29) is 17.7 Å². The monoisotopic (exact) mass is 287 g/mol. The fraction of sp³-hybridized carbons (Fsp3) is 0.700. The number of amides is 1. The Morgan fingerprint density at radius 2 is 2.05 bits per heavy atom. The summed E-state index contributed by atoms with van der Waals surface area (Å²) in [5.74, 6) is -1.04. The summed E-state index contributed by atoms with van der Waals surface area (Å²) in [4.78, 5) is 24.4. The first-order valence-electron chi connectivity index (χ1n) is 5.92. The standard InChI is InChI=1S/C10H17N5O3S/c1-4-14(5-2)9(18)7(3)19-10-11-12-13-15(10)6-8(16)17/h7H,4-6H2,1-3H3,(H,16,17). The van der Waals surface area contributed by atoms with E-state index in [4.69, 9.17) is 5.11 Å². The van der Waals surface area contributed by atoms with Crippen LogP contribution in [0.1, 0.15) is 20.8 Å². The van der Waals surface area contributed by atoms with Crippen molar-refractivity contribution in [1.29, 1.82) is 0 Å². The number of rotatable bonds is 7. The predicted octanol–water partition coefficient (Wildman–Crippen LogP) is 0.107. The molecule has 0 bridgehead atoms. The number of carboxylic acid groups (broad SMARTS) is 1. The molecule has 8 nitrogen and oxygen atoms in total. The number of nitrogens with zero attached hydrogens (tertiary/aromatic N) is 5. The molecule has 1 unspecified atom stereocenters. The lowest BCUT2D eigenvalue weighted by Crippen LogP contribution is -2.36. The van der Waals surface area contributed by atoms with Crippen LogP contribution < -0.4 is 0 Å². The highest BCUT2D eigenvalue weighted by Crippen LogP contribution is 2.21. The lowest BCUT2D eigenvalue weighted by molar-refractivity contribution is -0.138. The lowest BCUT2D eigenvalue weighted by Gasteiger charge is -2.22. The number of hydrogen-bond acceptors (Lipinski definition) is 6. The van der Waals surface area contributed by atoms with Crippen molar-refractivity contribution in [3.8, 4) is 0 Å². The van der Waals surface area contributed by atoms with Gasteiger partial charge in [-0.05, 0) is 31.2 Å². The highest BCUT2D eigenvalue weighted by atomic mass is 32.2. The molecule has 1 aromatic heterocycles. The largest absolute Gasteiger partial charge is 0.480 e. The van der Waals surface area contributed by atoms with Crippen LogP contribution in [0.5, 0.6) is 0 Å². The Kier molecular flexibility index (Phi) is 5.74. The van der Waals surface area contributed by atoms with Gasteiger partial charge in [0.2, 0.25) is 11.1 Å². The van der Waals surface area contributed by atoms with Gasteiger partial charge < -0.3 is 10.0 Å². The van der Waals surface area contributed by atoms with Crippen molar-refractivity contribution >= 4 is 23.6 Å². The smallest absolute Gasteiger partial charge is 0.325 e. The van der Waals surface area contributed by atoms with E-state index in [0.717, 1.165) is 11.8 Å². The Hall–Kier alpha value is -1.64. The van der Waals surface area contributed by atoms with E-state index in [1.54, 1.807) is 11.8 Å². The molecule has 0 aliphatic heterocycles. The minimum absolute atomic E-state index is 0.0140. The molecule has 1 N–H and O–H groups in total. The number of carbonyl (C=O) groups is 2. The maximum absolute atomic E-state index is 12.1. The normalized spacial score (nSPS) is 12.2. The molecule has 0 radical (unpaired) electrons. The van der Waals surface area contributed by atoms with Gasteiger partial charge in [0.05, 0.1) is 5.25 Å². The van der Waals surface area contributed by atoms with Crippen molar-refractivity contribution in [3.05, 3.63) is 0 Å². The number of aromatic nitrogens is 4. The first kappa shape index (κ1) is 15.4. The van der Waals surface area contributed by atoms with Crippen molar-refractivity contribution in [2.24, 2.45) is 0 Å². The van der Waals surface area contributed by atoms with E-state index in [1.165, 1.54) is 4.68 Å². The zero-order chi connectivity index (χ0) is 14.4. The molecule has 19 heavy (non-hydrogen) atoms. The third kappa shape index (κ3) is 4.19. The summed E-state index contributed by atoms with van der Waals surface area (Å²) in [6.45, 7) is 6.54. The van der Waals surface area contributed by atoms with Gasteiger partial charge in [0.25, 0.3) is 0 Å². The van der Waals surface area contributed by atoms with Crippen molar-refractivity contribution in [1.82, 2.24) is 25.1 Å².